The lowest BCUT2D eigenvalue weighted by Gasteiger charge is -2.11. The molecule has 0 spiro atoms. The smallest absolute Gasteiger partial charge is 0.216 e. The fraction of sp³-hybridized carbons (Fsp3) is 0.160. The summed E-state index contributed by atoms with van der Waals surface area (Å²) in [4.78, 5) is 0. The SMILES string of the molecule is CCOc1ccc(-c2n[nH]c(=S)n2N=Cc2ccc(OCc3ccccc3)c(OC)c2)cc1. The molecule has 1 aromatic heterocycles. The average molecular weight is 461 g/mol. The first kappa shape index (κ1) is 22.3. The molecule has 3 aromatic carbocycles. The molecule has 0 saturated heterocycles. The summed E-state index contributed by atoms with van der Waals surface area (Å²) in [6.45, 7) is 3.02. The van der Waals surface area contributed by atoms with Crippen LogP contribution in [-0.4, -0.2) is 34.8 Å². The molecule has 4 aromatic rings. The third-order valence-corrected chi connectivity index (χ3v) is 5.09. The lowest BCUT2D eigenvalue weighted by molar-refractivity contribution is 0.284. The second-order valence-corrected chi connectivity index (χ2v) is 7.44. The predicted octanol–water partition coefficient (Wildman–Crippen LogP) is 5.48. The van der Waals surface area contributed by atoms with E-state index in [0.29, 0.717) is 35.3 Å². The van der Waals surface area contributed by atoms with Gasteiger partial charge in [0.2, 0.25) is 4.77 Å². The van der Waals surface area contributed by atoms with Crippen molar-refractivity contribution >= 4 is 18.4 Å². The Morgan fingerprint density at radius 2 is 1.79 bits per heavy atom. The molecule has 0 atom stereocenters. The highest BCUT2D eigenvalue weighted by molar-refractivity contribution is 7.71. The van der Waals surface area contributed by atoms with Gasteiger partial charge in [0.15, 0.2) is 17.3 Å². The zero-order valence-electron chi connectivity index (χ0n) is 18.4. The van der Waals surface area contributed by atoms with Crippen LogP contribution in [0, 0.1) is 4.77 Å². The lowest BCUT2D eigenvalue weighted by Crippen LogP contribution is -1.99. The molecule has 0 saturated carbocycles. The van der Waals surface area contributed by atoms with E-state index in [1.54, 1.807) is 18.0 Å². The third kappa shape index (κ3) is 5.48. The Kier molecular flexibility index (Phi) is 7.16. The zero-order chi connectivity index (χ0) is 23.0. The minimum absolute atomic E-state index is 0.393. The number of hydrogen-bond acceptors (Lipinski definition) is 6. The Labute approximate surface area is 197 Å². The van der Waals surface area contributed by atoms with Crippen LogP contribution in [0.5, 0.6) is 17.2 Å². The zero-order valence-corrected chi connectivity index (χ0v) is 19.2. The topological polar surface area (TPSA) is 73.7 Å². The minimum atomic E-state index is 0.393. The Balaban J connectivity index is 1.53. The molecule has 7 nitrogen and oxygen atoms in total. The van der Waals surface area contributed by atoms with Crippen molar-refractivity contribution in [1.82, 2.24) is 14.9 Å². The molecule has 8 heteroatoms. The first-order valence-corrected chi connectivity index (χ1v) is 10.9. The number of nitrogens with zero attached hydrogens (tertiary/aromatic N) is 3. The summed E-state index contributed by atoms with van der Waals surface area (Å²) < 4.78 is 18.9. The van der Waals surface area contributed by atoms with E-state index in [1.807, 2.05) is 79.7 Å². The van der Waals surface area contributed by atoms with Crippen molar-refractivity contribution in [3.63, 3.8) is 0 Å². The molecule has 1 N–H and O–H groups in total. The van der Waals surface area contributed by atoms with Crippen LogP contribution in [0.2, 0.25) is 0 Å². The van der Waals surface area contributed by atoms with Crippen molar-refractivity contribution in [3.05, 3.63) is 88.7 Å². The van der Waals surface area contributed by atoms with Gasteiger partial charge in [-0.3, -0.25) is 0 Å². The lowest BCUT2D eigenvalue weighted by atomic mass is 10.2. The number of ether oxygens (including phenoxy) is 3. The maximum absolute atomic E-state index is 5.93. The number of aromatic nitrogens is 3. The van der Waals surface area contributed by atoms with Gasteiger partial charge < -0.3 is 14.2 Å². The standard InChI is InChI=1S/C25H24N4O3S/c1-3-31-21-12-10-20(11-13-21)24-27-28-25(33)29(24)26-16-19-9-14-22(23(15-19)30-2)32-17-18-7-5-4-6-8-18/h4-16H,3,17H2,1-2H3,(H,28,33). The highest BCUT2D eigenvalue weighted by Crippen LogP contribution is 2.28. The summed E-state index contributed by atoms with van der Waals surface area (Å²) in [5, 5.41) is 11.7. The maximum Gasteiger partial charge on any atom is 0.216 e. The van der Waals surface area contributed by atoms with Gasteiger partial charge in [0, 0.05) is 5.56 Å². The number of aromatic amines is 1. The van der Waals surface area contributed by atoms with E-state index in [-0.39, 0.29) is 0 Å². The van der Waals surface area contributed by atoms with E-state index in [9.17, 15) is 0 Å². The van der Waals surface area contributed by atoms with Crippen LogP contribution < -0.4 is 14.2 Å². The van der Waals surface area contributed by atoms with Crippen LogP contribution in [0.25, 0.3) is 11.4 Å². The normalized spacial score (nSPS) is 11.0. The Morgan fingerprint density at radius 3 is 2.52 bits per heavy atom. The fourth-order valence-electron chi connectivity index (χ4n) is 3.20. The molecule has 168 valence electrons. The van der Waals surface area contributed by atoms with E-state index in [0.717, 1.165) is 22.4 Å². The number of nitrogens with one attached hydrogen (secondary N) is 1. The first-order chi connectivity index (χ1) is 16.2. The largest absolute Gasteiger partial charge is 0.494 e. The molecule has 33 heavy (non-hydrogen) atoms. The van der Waals surface area contributed by atoms with Crippen LogP contribution >= 0.6 is 12.2 Å². The molecule has 0 aliphatic carbocycles. The van der Waals surface area contributed by atoms with Crippen molar-refractivity contribution < 1.29 is 14.2 Å². The van der Waals surface area contributed by atoms with Crippen molar-refractivity contribution in [2.45, 2.75) is 13.5 Å². The summed E-state index contributed by atoms with van der Waals surface area (Å²) in [6.07, 6.45) is 1.70. The molecular weight excluding hydrogens is 436 g/mol. The molecule has 4 rings (SSSR count). The molecule has 0 unspecified atom stereocenters. The van der Waals surface area contributed by atoms with E-state index in [4.69, 9.17) is 26.4 Å². The van der Waals surface area contributed by atoms with Gasteiger partial charge in [-0.2, -0.15) is 14.9 Å². The van der Waals surface area contributed by atoms with Gasteiger partial charge in [-0.05, 0) is 72.7 Å². The summed E-state index contributed by atoms with van der Waals surface area (Å²) in [5.41, 5.74) is 2.78. The van der Waals surface area contributed by atoms with E-state index >= 15 is 0 Å². The Morgan fingerprint density at radius 1 is 1.00 bits per heavy atom. The van der Waals surface area contributed by atoms with Crippen molar-refractivity contribution in [2.75, 3.05) is 13.7 Å². The van der Waals surface area contributed by atoms with Gasteiger partial charge in [-0.1, -0.05) is 30.3 Å². The number of benzene rings is 3. The molecule has 1 heterocycles. The van der Waals surface area contributed by atoms with Crippen molar-refractivity contribution in [2.24, 2.45) is 5.10 Å². The maximum atomic E-state index is 5.93. The van der Waals surface area contributed by atoms with Crippen LogP contribution in [0.1, 0.15) is 18.1 Å². The first-order valence-electron chi connectivity index (χ1n) is 10.5. The van der Waals surface area contributed by atoms with E-state index < -0.39 is 0 Å². The minimum Gasteiger partial charge on any atom is -0.494 e. The summed E-state index contributed by atoms with van der Waals surface area (Å²) >= 11 is 5.37. The summed E-state index contributed by atoms with van der Waals surface area (Å²) in [6, 6.07) is 23.2. The number of rotatable bonds is 9. The van der Waals surface area contributed by atoms with Crippen LogP contribution in [0.4, 0.5) is 0 Å². The number of hydrogen-bond donors (Lipinski definition) is 1. The van der Waals surface area contributed by atoms with Crippen molar-refractivity contribution in [3.8, 4) is 28.6 Å². The molecule has 0 bridgehead atoms. The molecule has 0 aliphatic rings. The Bertz CT molecular complexity index is 1280. The average Bonchev–Trinajstić information content (AvgIpc) is 3.23. The second-order valence-electron chi connectivity index (χ2n) is 7.05. The summed E-state index contributed by atoms with van der Waals surface area (Å²) in [5.74, 6) is 2.69. The van der Waals surface area contributed by atoms with Crippen LogP contribution in [0.15, 0.2) is 77.9 Å². The quantitative estimate of drug-likeness (QED) is 0.265. The van der Waals surface area contributed by atoms with Crippen LogP contribution in [0.3, 0.4) is 0 Å². The van der Waals surface area contributed by atoms with E-state index in [2.05, 4.69) is 15.3 Å². The van der Waals surface area contributed by atoms with Gasteiger partial charge >= 0.3 is 0 Å². The number of H-pyrrole nitrogens is 1. The fourth-order valence-corrected chi connectivity index (χ4v) is 3.38. The van der Waals surface area contributed by atoms with Crippen molar-refractivity contribution in [1.29, 1.82) is 0 Å². The van der Waals surface area contributed by atoms with Gasteiger partial charge in [-0.15, -0.1) is 0 Å². The Hall–Kier alpha value is -3.91. The van der Waals surface area contributed by atoms with Crippen LogP contribution in [-0.2, 0) is 6.61 Å². The van der Waals surface area contributed by atoms with Gasteiger partial charge in [0.1, 0.15) is 12.4 Å². The monoisotopic (exact) mass is 460 g/mol. The molecule has 0 fully saturated rings. The highest BCUT2D eigenvalue weighted by atomic mass is 32.1. The second kappa shape index (κ2) is 10.6. The van der Waals surface area contributed by atoms with Gasteiger partial charge in [-0.25, -0.2) is 5.10 Å². The third-order valence-electron chi connectivity index (χ3n) is 4.82. The molecule has 0 radical (unpaired) electrons. The molecule has 0 amide bonds. The highest BCUT2D eigenvalue weighted by Gasteiger charge is 2.09. The molecular formula is C25H24N4O3S. The van der Waals surface area contributed by atoms with Gasteiger partial charge in [0.25, 0.3) is 0 Å². The van der Waals surface area contributed by atoms with Gasteiger partial charge in [0.05, 0.1) is 19.9 Å². The summed E-state index contributed by atoms with van der Waals surface area (Å²) in [7, 11) is 1.61. The van der Waals surface area contributed by atoms with E-state index in [1.165, 1.54) is 0 Å². The number of methoxy groups -OCH3 is 1. The molecule has 0 aliphatic heterocycles. The predicted molar refractivity (Wildman–Crippen MR) is 131 cm³/mol.